The molecule has 0 fully saturated rings. The Morgan fingerprint density at radius 2 is 1.94 bits per heavy atom. The molecule has 0 heterocycles. The van der Waals surface area contributed by atoms with Gasteiger partial charge in [-0.2, -0.15) is 8.42 Å². The molecular weight excluding hydrogens is 244 g/mol. The maximum atomic E-state index is 11.6. The van der Waals surface area contributed by atoms with Gasteiger partial charge in [0.2, 0.25) is 0 Å². The van der Waals surface area contributed by atoms with E-state index in [1.54, 1.807) is 0 Å². The van der Waals surface area contributed by atoms with Crippen LogP contribution in [0, 0.1) is 5.92 Å². The summed E-state index contributed by atoms with van der Waals surface area (Å²) in [5, 5.41) is 0. The quantitative estimate of drug-likeness (QED) is 0.392. The van der Waals surface area contributed by atoms with Crippen LogP contribution in [0.25, 0.3) is 0 Å². The predicted octanol–water partition coefficient (Wildman–Crippen LogP) is 2.02. The molecule has 102 valence electrons. The van der Waals surface area contributed by atoms with Crippen molar-refractivity contribution in [2.45, 2.75) is 46.0 Å². The van der Waals surface area contributed by atoms with Gasteiger partial charge in [0.1, 0.15) is 0 Å². The van der Waals surface area contributed by atoms with Crippen LogP contribution >= 0.6 is 0 Å². The molecule has 1 atom stereocenters. The zero-order valence-corrected chi connectivity index (χ0v) is 11.3. The highest BCUT2D eigenvalue weighted by Crippen LogP contribution is 2.14. The third kappa shape index (κ3) is 9.12. The van der Waals surface area contributed by atoms with E-state index in [2.05, 4.69) is 6.92 Å². The summed E-state index contributed by atoms with van der Waals surface area (Å²) in [5.74, 6) is -0.733. The average Bonchev–Trinajstić information content (AvgIpc) is 2.24. The van der Waals surface area contributed by atoms with Crippen LogP contribution in [0.1, 0.15) is 46.0 Å². The van der Waals surface area contributed by atoms with E-state index < -0.39 is 10.1 Å². The van der Waals surface area contributed by atoms with Gasteiger partial charge in [0.25, 0.3) is 10.1 Å². The Balaban J connectivity index is 3.83. The SMILES string of the molecule is CCCCC(CC)C(=O)OCCCS(=O)(=O)O. The first-order valence-electron chi connectivity index (χ1n) is 6.02. The van der Waals surface area contributed by atoms with Crippen LogP contribution in [-0.4, -0.2) is 31.3 Å². The highest BCUT2D eigenvalue weighted by Gasteiger charge is 2.17. The van der Waals surface area contributed by atoms with E-state index in [1.165, 1.54) is 0 Å². The average molecular weight is 266 g/mol. The fourth-order valence-corrected chi connectivity index (χ4v) is 1.95. The molecule has 0 bridgehead atoms. The van der Waals surface area contributed by atoms with Crippen molar-refractivity contribution in [2.24, 2.45) is 5.92 Å². The second kappa shape index (κ2) is 8.47. The molecule has 0 aromatic heterocycles. The summed E-state index contributed by atoms with van der Waals surface area (Å²) in [6.45, 7) is 4.03. The zero-order chi connectivity index (χ0) is 13.3. The summed E-state index contributed by atoms with van der Waals surface area (Å²) >= 11 is 0. The molecule has 0 aliphatic rings. The van der Waals surface area contributed by atoms with Gasteiger partial charge in [-0.15, -0.1) is 0 Å². The first-order chi connectivity index (χ1) is 7.90. The second-order valence-electron chi connectivity index (χ2n) is 4.05. The lowest BCUT2D eigenvalue weighted by molar-refractivity contribution is -0.148. The van der Waals surface area contributed by atoms with Crippen LogP contribution in [0.3, 0.4) is 0 Å². The number of carbonyl (C=O) groups is 1. The van der Waals surface area contributed by atoms with E-state index >= 15 is 0 Å². The molecule has 17 heavy (non-hydrogen) atoms. The van der Waals surface area contributed by atoms with Gasteiger partial charge in [-0.1, -0.05) is 26.7 Å². The van der Waals surface area contributed by atoms with Crippen molar-refractivity contribution in [1.82, 2.24) is 0 Å². The molecule has 0 spiro atoms. The van der Waals surface area contributed by atoms with Crippen molar-refractivity contribution >= 4 is 16.1 Å². The molecule has 0 aliphatic heterocycles. The summed E-state index contributed by atoms with van der Waals surface area (Å²) in [5.41, 5.74) is 0. The topological polar surface area (TPSA) is 80.7 Å². The Morgan fingerprint density at radius 3 is 2.41 bits per heavy atom. The number of hydrogen-bond donors (Lipinski definition) is 1. The summed E-state index contributed by atoms with van der Waals surface area (Å²) in [7, 11) is -3.95. The van der Waals surface area contributed by atoms with Crippen LogP contribution in [0.5, 0.6) is 0 Å². The maximum absolute atomic E-state index is 11.6. The van der Waals surface area contributed by atoms with Crippen LogP contribution in [-0.2, 0) is 19.6 Å². The van der Waals surface area contributed by atoms with E-state index in [0.717, 1.165) is 25.7 Å². The minimum Gasteiger partial charge on any atom is -0.465 e. The third-order valence-corrected chi connectivity index (χ3v) is 3.33. The van der Waals surface area contributed by atoms with Crippen molar-refractivity contribution in [2.75, 3.05) is 12.4 Å². The molecule has 0 saturated carbocycles. The van der Waals surface area contributed by atoms with Crippen LogP contribution < -0.4 is 0 Å². The predicted molar refractivity (Wildman–Crippen MR) is 65.3 cm³/mol. The summed E-state index contributed by atoms with van der Waals surface area (Å²) < 4.78 is 34.3. The highest BCUT2D eigenvalue weighted by atomic mass is 32.2. The van der Waals surface area contributed by atoms with E-state index in [0.29, 0.717) is 0 Å². The van der Waals surface area contributed by atoms with Gasteiger partial charge in [-0.3, -0.25) is 9.35 Å². The molecule has 0 aliphatic carbocycles. The number of ether oxygens (including phenoxy) is 1. The Morgan fingerprint density at radius 1 is 1.29 bits per heavy atom. The van der Waals surface area contributed by atoms with Crippen molar-refractivity contribution in [3.05, 3.63) is 0 Å². The van der Waals surface area contributed by atoms with Gasteiger partial charge >= 0.3 is 5.97 Å². The molecule has 0 amide bonds. The van der Waals surface area contributed by atoms with Crippen molar-refractivity contribution < 1.29 is 22.5 Å². The normalized spacial score (nSPS) is 13.4. The van der Waals surface area contributed by atoms with Crippen LogP contribution in [0.15, 0.2) is 0 Å². The van der Waals surface area contributed by atoms with Crippen molar-refractivity contribution in [1.29, 1.82) is 0 Å². The lowest BCUT2D eigenvalue weighted by atomic mass is 10.00. The minimum atomic E-state index is -3.95. The third-order valence-electron chi connectivity index (χ3n) is 2.52. The van der Waals surface area contributed by atoms with Gasteiger partial charge in [0.15, 0.2) is 0 Å². The number of esters is 1. The first-order valence-corrected chi connectivity index (χ1v) is 7.63. The Kier molecular flexibility index (Phi) is 8.16. The van der Waals surface area contributed by atoms with E-state index in [4.69, 9.17) is 9.29 Å². The molecule has 5 nitrogen and oxygen atoms in total. The van der Waals surface area contributed by atoms with Gasteiger partial charge in [-0.05, 0) is 19.3 Å². The molecule has 0 aromatic rings. The fourth-order valence-electron chi connectivity index (χ4n) is 1.47. The Bertz CT molecular complexity index is 310. The van der Waals surface area contributed by atoms with E-state index in [1.807, 2.05) is 6.92 Å². The summed E-state index contributed by atoms with van der Waals surface area (Å²) in [6, 6.07) is 0. The van der Waals surface area contributed by atoms with Crippen LogP contribution in [0.2, 0.25) is 0 Å². The number of carbonyl (C=O) groups excluding carboxylic acids is 1. The highest BCUT2D eigenvalue weighted by molar-refractivity contribution is 7.85. The van der Waals surface area contributed by atoms with Gasteiger partial charge < -0.3 is 4.74 Å². The molecule has 0 rings (SSSR count). The van der Waals surface area contributed by atoms with Gasteiger partial charge in [0.05, 0.1) is 18.3 Å². The molecule has 0 radical (unpaired) electrons. The molecule has 0 saturated heterocycles. The largest absolute Gasteiger partial charge is 0.465 e. The number of hydrogen-bond acceptors (Lipinski definition) is 4. The Labute approximate surface area is 103 Å². The van der Waals surface area contributed by atoms with E-state index in [9.17, 15) is 13.2 Å². The van der Waals surface area contributed by atoms with E-state index in [-0.39, 0.29) is 30.7 Å². The lowest BCUT2D eigenvalue weighted by Gasteiger charge is -2.13. The molecular formula is C11H22O5S. The fraction of sp³-hybridized carbons (Fsp3) is 0.909. The zero-order valence-electron chi connectivity index (χ0n) is 10.5. The summed E-state index contributed by atoms with van der Waals surface area (Å²) in [6.07, 6.45) is 3.70. The van der Waals surface area contributed by atoms with Gasteiger partial charge in [0, 0.05) is 0 Å². The summed E-state index contributed by atoms with van der Waals surface area (Å²) in [4.78, 5) is 11.6. The van der Waals surface area contributed by atoms with Crippen molar-refractivity contribution in [3.8, 4) is 0 Å². The minimum absolute atomic E-state index is 0.0429. The molecule has 1 N–H and O–H groups in total. The molecule has 6 heteroatoms. The first kappa shape index (κ1) is 16.4. The standard InChI is InChI=1S/C11H22O5S/c1-3-5-7-10(4-2)11(12)16-8-6-9-17(13,14)15/h10H,3-9H2,1-2H3,(H,13,14,15). The van der Waals surface area contributed by atoms with Gasteiger partial charge in [-0.25, -0.2) is 0 Å². The van der Waals surface area contributed by atoms with Crippen molar-refractivity contribution in [3.63, 3.8) is 0 Å². The monoisotopic (exact) mass is 266 g/mol. The second-order valence-corrected chi connectivity index (χ2v) is 5.63. The number of unbranched alkanes of at least 4 members (excludes halogenated alkanes) is 1. The molecule has 0 aromatic carbocycles. The maximum Gasteiger partial charge on any atom is 0.308 e. The molecule has 1 unspecified atom stereocenters. The Hall–Kier alpha value is -0.620. The van der Waals surface area contributed by atoms with Crippen LogP contribution in [0.4, 0.5) is 0 Å². The smallest absolute Gasteiger partial charge is 0.308 e. The lowest BCUT2D eigenvalue weighted by Crippen LogP contribution is -2.18. The number of rotatable bonds is 9.